The number of carbonyl (C=O) groups is 1. The Balaban J connectivity index is 1.98. The van der Waals surface area contributed by atoms with Gasteiger partial charge in [0.25, 0.3) is 5.91 Å². The summed E-state index contributed by atoms with van der Waals surface area (Å²) in [4.78, 5) is 16.5. The Bertz CT molecular complexity index is 462. The predicted octanol–water partition coefficient (Wildman–Crippen LogP) is 2.43. The first-order chi connectivity index (χ1) is 9.70. The van der Waals surface area contributed by atoms with Crippen LogP contribution in [0, 0.1) is 5.92 Å². The quantitative estimate of drug-likeness (QED) is 0.863. The van der Waals surface area contributed by atoms with E-state index >= 15 is 0 Å². The minimum Gasteiger partial charge on any atom is -0.381 e. The molecular weight excluding hydrogens is 322 g/mol. The maximum atomic E-state index is 12.3. The number of rotatable bonds is 5. The molecule has 2 rings (SSSR count). The molecule has 1 amide bonds. The first kappa shape index (κ1) is 15.3. The molecule has 0 aliphatic carbocycles. The Morgan fingerprint density at radius 1 is 1.50 bits per heavy atom. The van der Waals surface area contributed by atoms with Crippen molar-refractivity contribution < 1.29 is 9.53 Å². The van der Waals surface area contributed by atoms with Crippen LogP contribution < -0.4 is 10.6 Å². The summed E-state index contributed by atoms with van der Waals surface area (Å²) in [6.07, 6.45) is 3.71. The lowest BCUT2D eigenvalue weighted by molar-refractivity contribution is 0.0643. The standard InChI is InChI=1S/C14H20BrN3O2/c1-2-16-13-12(7-11(15)9-17-13)14(19)18-8-10-3-5-20-6-4-10/h7,9-10H,2-6,8H2,1H3,(H,16,17)(H,18,19). The normalized spacial score (nSPS) is 15.9. The highest BCUT2D eigenvalue weighted by Gasteiger charge is 2.17. The average Bonchev–Trinajstić information content (AvgIpc) is 2.48. The van der Waals surface area contributed by atoms with E-state index in [0.717, 1.165) is 37.1 Å². The van der Waals surface area contributed by atoms with Crippen molar-refractivity contribution in [2.75, 3.05) is 31.6 Å². The second kappa shape index (κ2) is 7.59. The molecule has 0 aromatic carbocycles. The van der Waals surface area contributed by atoms with E-state index in [4.69, 9.17) is 4.74 Å². The van der Waals surface area contributed by atoms with Crippen molar-refractivity contribution in [1.29, 1.82) is 0 Å². The molecule has 1 saturated heterocycles. The molecule has 6 heteroatoms. The lowest BCUT2D eigenvalue weighted by atomic mass is 10.0. The molecule has 20 heavy (non-hydrogen) atoms. The summed E-state index contributed by atoms with van der Waals surface area (Å²) in [5, 5.41) is 6.11. The number of amides is 1. The highest BCUT2D eigenvalue weighted by atomic mass is 79.9. The van der Waals surface area contributed by atoms with E-state index in [1.54, 1.807) is 12.3 Å². The Kier molecular flexibility index (Phi) is 5.79. The zero-order chi connectivity index (χ0) is 14.4. The van der Waals surface area contributed by atoms with Crippen molar-refractivity contribution in [2.24, 2.45) is 5.92 Å². The van der Waals surface area contributed by atoms with Crippen LogP contribution in [0.15, 0.2) is 16.7 Å². The number of pyridine rings is 1. The molecule has 1 aromatic heterocycles. The molecule has 0 radical (unpaired) electrons. The number of ether oxygens (including phenoxy) is 1. The van der Waals surface area contributed by atoms with Gasteiger partial charge in [-0.2, -0.15) is 0 Å². The van der Waals surface area contributed by atoms with E-state index < -0.39 is 0 Å². The fourth-order valence-corrected chi connectivity index (χ4v) is 2.53. The number of halogens is 1. The minimum absolute atomic E-state index is 0.0822. The summed E-state index contributed by atoms with van der Waals surface area (Å²) < 4.78 is 6.12. The van der Waals surface area contributed by atoms with Crippen molar-refractivity contribution >= 4 is 27.7 Å². The molecule has 2 N–H and O–H groups in total. The van der Waals surface area contributed by atoms with E-state index in [1.165, 1.54) is 0 Å². The van der Waals surface area contributed by atoms with E-state index in [0.29, 0.717) is 23.8 Å². The summed E-state index contributed by atoms with van der Waals surface area (Å²) >= 11 is 3.36. The summed E-state index contributed by atoms with van der Waals surface area (Å²) in [5.41, 5.74) is 0.577. The van der Waals surface area contributed by atoms with E-state index in [-0.39, 0.29) is 5.91 Å². The lowest BCUT2D eigenvalue weighted by Gasteiger charge is -2.22. The Labute approximate surface area is 127 Å². The van der Waals surface area contributed by atoms with Gasteiger partial charge in [-0.05, 0) is 47.7 Å². The SMILES string of the molecule is CCNc1ncc(Br)cc1C(=O)NCC1CCOCC1. The summed E-state index contributed by atoms with van der Waals surface area (Å²) in [6, 6.07) is 1.80. The van der Waals surface area contributed by atoms with Crippen molar-refractivity contribution in [1.82, 2.24) is 10.3 Å². The maximum absolute atomic E-state index is 12.3. The van der Waals surface area contributed by atoms with Gasteiger partial charge in [-0.15, -0.1) is 0 Å². The number of aromatic nitrogens is 1. The van der Waals surface area contributed by atoms with Crippen LogP contribution in [0.4, 0.5) is 5.82 Å². The molecule has 110 valence electrons. The number of hydrogen-bond acceptors (Lipinski definition) is 4. The van der Waals surface area contributed by atoms with Gasteiger partial charge in [0, 0.05) is 37.0 Å². The van der Waals surface area contributed by atoms with Gasteiger partial charge in [0.15, 0.2) is 0 Å². The molecule has 0 spiro atoms. The lowest BCUT2D eigenvalue weighted by Crippen LogP contribution is -2.32. The summed E-state index contributed by atoms with van der Waals surface area (Å²) in [5.74, 6) is 1.05. The fraction of sp³-hybridized carbons (Fsp3) is 0.571. The van der Waals surface area contributed by atoms with Crippen LogP contribution in [0.1, 0.15) is 30.1 Å². The van der Waals surface area contributed by atoms with Crippen molar-refractivity contribution in [3.05, 3.63) is 22.3 Å². The topological polar surface area (TPSA) is 63.2 Å². The third-order valence-electron chi connectivity index (χ3n) is 3.34. The third-order valence-corrected chi connectivity index (χ3v) is 3.77. The minimum atomic E-state index is -0.0822. The highest BCUT2D eigenvalue weighted by molar-refractivity contribution is 9.10. The van der Waals surface area contributed by atoms with Gasteiger partial charge in [0.05, 0.1) is 5.56 Å². The largest absolute Gasteiger partial charge is 0.381 e. The van der Waals surface area contributed by atoms with Crippen LogP contribution in [0.5, 0.6) is 0 Å². The summed E-state index contributed by atoms with van der Waals surface area (Å²) in [7, 11) is 0. The van der Waals surface area contributed by atoms with E-state index in [2.05, 4.69) is 31.5 Å². The average molecular weight is 342 g/mol. The van der Waals surface area contributed by atoms with Gasteiger partial charge in [0.1, 0.15) is 5.82 Å². The Morgan fingerprint density at radius 3 is 2.95 bits per heavy atom. The van der Waals surface area contributed by atoms with Crippen LogP contribution in [-0.2, 0) is 4.74 Å². The molecule has 0 atom stereocenters. The molecule has 1 aromatic rings. The maximum Gasteiger partial charge on any atom is 0.255 e. The van der Waals surface area contributed by atoms with Crippen LogP contribution >= 0.6 is 15.9 Å². The fourth-order valence-electron chi connectivity index (χ4n) is 2.20. The van der Waals surface area contributed by atoms with Gasteiger partial charge >= 0.3 is 0 Å². The van der Waals surface area contributed by atoms with Crippen molar-refractivity contribution in [3.8, 4) is 0 Å². The third kappa shape index (κ3) is 4.18. The Morgan fingerprint density at radius 2 is 2.25 bits per heavy atom. The summed E-state index contributed by atoms with van der Waals surface area (Å²) in [6.45, 7) is 4.99. The molecule has 1 fully saturated rings. The molecule has 0 saturated carbocycles. The number of hydrogen-bond donors (Lipinski definition) is 2. The first-order valence-corrected chi connectivity index (χ1v) is 7.75. The molecule has 2 heterocycles. The van der Waals surface area contributed by atoms with Gasteiger partial charge in [-0.1, -0.05) is 0 Å². The second-order valence-electron chi connectivity index (χ2n) is 4.85. The van der Waals surface area contributed by atoms with Crippen LogP contribution in [-0.4, -0.2) is 37.2 Å². The van der Waals surface area contributed by atoms with Gasteiger partial charge in [-0.25, -0.2) is 4.98 Å². The molecule has 0 bridgehead atoms. The number of nitrogens with one attached hydrogen (secondary N) is 2. The van der Waals surface area contributed by atoms with Crippen molar-refractivity contribution in [3.63, 3.8) is 0 Å². The number of nitrogens with zero attached hydrogens (tertiary/aromatic N) is 1. The molecule has 1 aliphatic rings. The number of anilines is 1. The van der Waals surface area contributed by atoms with Crippen molar-refractivity contribution in [2.45, 2.75) is 19.8 Å². The predicted molar refractivity (Wildman–Crippen MR) is 82.0 cm³/mol. The molecule has 0 unspecified atom stereocenters. The molecule has 5 nitrogen and oxygen atoms in total. The number of carbonyl (C=O) groups excluding carboxylic acids is 1. The second-order valence-corrected chi connectivity index (χ2v) is 5.76. The Hall–Kier alpha value is -1.14. The monoisotopic (exact) mass is 341 g/mol. The van der Waals surface area contributed by atoms with Crippen LogP contribution in [0.25, 0.3) is 0 Å². The van der Waals surface area contributed by atoms with Gasteiger partial charge in [0.2, 0.25) is 0 Å². The smallest absolute Gasteiger partial charge is 0.255 e. The van der Waals surface area contributed by atoms with E-state index in [9.17, 15) is 4.79 Å². The zero-order valence-corrected chi connectivity index (χ0v) is 13.2. The van der Waals surface area contributed by atoms with Crippen LogP contribution in [0.3, 0.4) is 0 Å². The molecule has 1 aliphatic heterocycles. The zero-order valence-electron chi connectivity index (χ0n) is 11.6. The van der Waals surface area contributed by atoms with Crippen LogP contribution in [0.2, 0.25) is 0 Å². The van der Waals surface area contributed by atoms with Gasteiger partial charge < -0.3 is 15.4 Å². The van der Waals surface area contributed by atoms with Gasteiger partial charge in [-0.3, -0.25) is 4.79 Å². The first-order valence-electron chi connectivity index (χ1n) is 6.96. The molecular formula is C14H20BrN3O2. The highest BCUT2D eigenvalue weighted by Crippen LogP contribution is 2.19. The van der Waals surface area contributed by atoms with E-state index in [1.807, 2.05) is 6.92 Å².